The Morgan fingerprint density at radius 2 is 1.82 bits per heavy atom. The zero-order chi connectivity index (χ0) is 23.4. The molecule has 0 saturated heterocycles. The predicted octanol–water partition coefficient (Wildman–Crippen LogP) is 5.02. The van der Waals surface area contributed by atoms with E-state index in [9.17, 15) is 19.3 Å². The SMILES string of the molecule is Cc1cc([N+](=O)[O-])ccc1NC(=O)CSc1nnc(-c2ccccc2)n1-c1ccc(F)cc1. The Morgan fingerprint density at radius 1 is 1.09 bits per heavy atom. The number of nitrogens with zero attached hydrogens (tertiary/aromatic N) is 4. The summed E-state index contributed by atoms with van der Waals surface area (Å²) in [6.45, 7) is 1.69. The average molecular weight is 463 g/mol. The van der Waals surface area contributed by atoms with Crippen molar-refractivity contribution in [1.82, 2.24) is 14.8 Å². The summed E-state index contributed by atoms with van der Waals surface area (Å²) in [6, 6.07) is 19.6. The average Bonchev–Trinajstić information content (AvgIpc) is 3.24. The van der Waals surface area contributed by atoms with Crippen LogP contribution in [0.5, 0.6) is 0 Å². The number of nitro benzene ring substituents is 1. The molecule has 0 aliphatic carbocycles. The van der Waals surface area contributed by atoms with Crippen molar-refractivity contribution in [3.05, 3.63) is 94.3 Å². The maximum atomic E-state index is 13.5. The molecule has 3 aromatic carbocycles. The number of rotatable bonds is 7. The highest BCUT2D eigenvalue weighted by atomic mass is 32.2. The number of aryl methyl sites for hydroxylation is 1. The van der Waals surface area contributed by atoms with Gasteiger partial charge in [0, 0.05) is 29.1 Å². The van der Waals surface area contributed by atoms with Crippen molar-refractivity contribution >= 4 is 29.0 Å². The summed E-state index contributed by atoms with van der Waals surface area (Å²) < 4.78 is 15.2. The minimum atomic E-state index is -0.485. The van der Waals surface area contributed by atoms with E-state index >= 15 is 0 Å². The molecule has 0 bridgehead atoms. The second-order valence-corrected chi connectivity index (χ2v) is 8.02. The molecule has 0 spiro atoms. The summed E-state index contributed by atoms with van der Waals surface area (Å²) in [4.78, 5) is 23.0. The van der Waals surface area contributed by atoms with Gasteiger partial charge in [0.15, 0.2) is 11.0 Å². The number of benzene rings is 3. The maximum absolute atomic E-state index is 13.5. The molecule has 166 valence electrons. The predicted molar refractivity (Wildman–Crippen MR) is 124 cm³/mol. The van der Waals surface area contributed by atoms with E-state index in [1.807, 2.05) is 30.3 Å². The van der Waals surface area contributed by atoms with Gasteiger partial charge in [0.05, 0.1) is 10.7 Å². The van der Waals surface area contributed by atoms with Crippen molar-refractivity contribution in [2.45, 2.75) is 12.1 Å². The van der Waals surface area contributed by atoms with Gasteiger partial charge in [0.25, 0.3) is 5.69 Å². The minimum Gasteiger partial charge on any atom is -0.325 e. The lowest BCUT2D eigenvalue weighted by Gasteiger charge is -2.11. The number of amides is 1. The second-order valence-electron chi connectivity index (χ2n) is 7.08. The van der Waals surface area contributed by atoms with Crippen LogP contribution in [0.1, 0.15) is 5.56 Å². The van der Waals surface area contributed by atoms with E-state index in [0.29, 0.717) is 27.9 Å². The molecule has 0 saturated carbocycles. The summed E-state index contributed by atoms with van der Waals surface area (Å²) in [5.41, 5.74) is 2.53. The van der Waals surface area contributed by atoms with Crippen molar-refractivity contribution in [2.24, 2.45) is 0 Å². The third kappa shape index (κ3) is 5.07. The van der Waals surface area contributed by atoms with Gasteiger partial charge < -0.3 is 5.32 Å². The molecule has 0 radical (unpaired) electrons. The zero-order valence-corrected chi connectivity index (χ0v) is 18.3. The number of aromatic nitrogens is 3. The van der Waals surface area contributed by atoms with E-state index in [1.165, 1.54) is 42.1 Å². The van der Waals surface area contributed by atoms with Gasteiger partial charge >= 0.3 is 0 Å². The van der Waals surface area contributed by atoms with E-state index in [-0.39, 0.29) is 23.2 Å². The highest BCUT2D eigenvalue weighted by Gasteiger charge is 2.18. The Hall–Kier alpha value is -4.05. The van der Waals surface area contributed by atoms with Gasteiger partial charge in [0.1, 0.15) is 5.82 Å². The quantitative estimate of drug-likeness (QED) is 0.234. The first-order valence-electron chi connectivity index (χ1n) is 9.87. The summed E-state index contributed by atoms with van der Waals surface area (Å²) in [6.07, 6.45) is 0. The molecule has 8 nitrogen and oxygen atoms in total. The lowest BCUT2D eigenvalue weighted by atomic mass is 10.2. The fourth-order valence-corrected chi connectivity index (χ4v) is 3.93. The first-order valence-corrected chi connectivity index (χ1v) is 10.9. The smallest absolute Gasteiger partial charge is 0.269 e. The number of nitro groups is 1. The monoisotopic (exact) mass is 463 g/mol. The minimum absolute atomic E-state index is 0.0323. The molecule has 1 N–H and O–H groups in total. The number of anilines is 1. The van der Waals surface area contributed by atoms with Gasteiger partial charge in [-0.3, -0.25) is 19.5 Å². The zero-order valence-electron chi connectivity index (χ0n) is 17.4. The Balaban J connectivity index is 1.56. The Labute approximate surface area is 192 Å². The highest BCUT2D eigenvalue weighted by molar-refractivity contribution is 7.99. The summed E-state index contributed by atoms with van der Waals surface area (Å²) in [7, 11) is 0. The van der Waals surface area contributed by atoms with Crippen LogP contribution < -0.4 is 5.32 Å². The van der Waals surface area contributed by atoms with Crippen LogP contribution in [-0.4, -0.2) is 31.3 Å². The van der Waals surface area contributed by atoms with Crippen LogP contribution in [0.2, 0.25) is 0 Å². The van der Waals surface area contributed by atoms with E-state index in [2.05, 4.69) is 15.5 Å². The molecule has 4 aromatic rings. The number of hydrogen-bond acceptors (Lipinski definition) is 6. The maximum Gasteiger partial charge on any atom is 0.269 e. The molecular formula is C23H18FN5O3S. The molecule has 33 heavy (non-hydrogen) atoms. The van der Waals surface area contributed by atoms with Gasteiger partial charge in [-0.1, -0.05) is 42.1 Å². The summed E-state index contributed by atoms with van der Waals surface area (Å²) >= 11 is 1.18. The number of carbonyl (C=O) groups is 1. The molecule has 0 aliphatic heterocycles. The van der Waals surface area contributed by atoms with Crippen molar-refractivity contribution in [3.63, 3.8) is 0 Å². The van der Waals surface area contributed by atoms with Gasteiger partial charge in [-0.05, 0) is 42.8 Å². The molecule has 0 aliphatic rings. The highest BCUT2D eigenvalue weighted by Crippen LogP contribution is 2.28. The lowest BCUT2D eigenvalue weighted by Crippen LogP contribution is -2.15. The number of carbonyl (C=O) groups excluding carboxylic acids is 1. The molecular weight excluding hydrogens is 445 g/mol. The molecule has 1 heterocycles. The largest absolute Gasteiger partial charge is 0.325 e. The Bertz CT molecular complexity index is 1310. The fraction of sp³-hybridized carbons (Fsp3) is 0.0870. The topological polar surface area (TPSA) is 103 Å². The first kappa shape index (κ1) is 22.2. The Morgan fingerprint density at radius 3 is 2.48 bits per heavy atom. The van der Waals surface area contributed by atoms with Gasteiger partial charge in [-0.25, -0.2) is 4.39 Å². The van der Waals surface area contributed by atoms with Crippen molar-refractivity contribution in [2.75, 3.05) is 11.1 Å². The summed E-state index contributed by atoms with van der Waals surface area (Å²) in [5, 5.41) is 22.7. The van der Waals surface area contributed by atoms with Crippen LogP contribution in [0.25, 0.3) is 17.1 Å². The molecule has 0 unspecified atom stereocenters. The van der Waals surface area contributed by atoms with Crippen molar-refractivity contribution in [3.8, 4) is 17.1 Å². The van der Waals surface area contributed by atoms with Gasteiger partial charge in [0.2, 0.25) is 5.91 Å². The van der Waals surface area contributed by atoms with Gasteiger partial charge in [-0.15, -0.1) is 10.2 Å². The summed E-state index contributed by atoms with van der Waals surface area (Å²) in [5.74, 6) is -0.0618. The van der Waals surface area contributed by atoms with Crippen molar-refractivity contribution in [1.29, 1.82) is 0 Å². The number of halogens is 1. The van der Waals surface area contributed by atoms with Crippen LogP contribution in [0.4, 0.5) is 15.8 Å². The standard InChI is InChI=1S/C23H18FN5O3S/c1-15-13-19(29(31)32)11-12-20(15)25-21(30)14-33-23-27-26-22(16-5-3-2-4-6-16)28(23)18-9-7-17(24)8-10-18/h2-13H,14H2,1H3,(H,25,30). The molecule has 1 amide bonds. The van der Waals surface area contributed by atoms with E-state index in [1.54, 1.807) is 23.6 Å². The Kier molecular flexibility index (Phi) is 6.45. The van der Waals surface area contributed by atoms with Crippen LogP contribution >= 0.6 is 11.8 Å². The van der Waals surface area contributed by atoms with E-state index < -0.39 is 4.92 Å². The van der Waals surface area contributed by atoms with Crippen molar-refractivity contribution < 1.29 is 14.1 Å². The normalized spacial score (nSPS) is 10.7. The molecule has 0 atom stereocenters. The van der Waals surface area contributed by atoms with Crippen LogP contribution in [-0.2, 0) is 4.79 Å². The second kappa shape index (κ2) is 9.61. The van der Waals surface area contributed by atoms with E-state index in [4.69, 9.17) is 0 Å². The third-order valence-electron chi connectivity index (χ3n) is 4.78. The lowest BCUT2D eigenvalue weighted by molar-refractivity contribution is -0.384. The van der Waals surface area contributed by atoms with Crippen LogP contribution in [0.15, 0.2) is 78.0 Å². The number of hydrogen-bond donors (Lipinski definition) is 1. The van der Waals surface area contributed by atoms with Crippen LogP contribution in [0.3, 0.4) is 0 Å². The molecule has 0 fully saturated rings. The van der Waals surface area contributed by atoms with Crippen LogP contribution in [0, 0.1) is 22.9 Å². The fourth-order valence-electron chi connectivity index (χ4n) is 3.18. The number of thioether (sulfide) groups is 1. The molecule has 4 rings (SSSR count). The molecule has 1 aromatic heterocycles. The third-order valence-corrected chi connectivity index (χ3v) is 5.71. The van der Waals surface area contributed by atoms with Gasteiger partial charge in [-0.2, -0.15) is 0 Å². The van der Waals surface area contributed by atoms with E-state index in [0.717, 1.165) is 5.56 Å². The first-order chi connectivity index (χ1) is 15.9. The number of non-ortho nitro benzene ring substituents is 1. The molecule has 10 heteroatoms. The number of nitrogens with one attached hydrogen (secondary N) is 1.